The van der Waals surface area contributed by atoms with Gasteiger partial charge in [0.25, 0.3) is 5.91 Å². The zero-order valence-corrected chi connectivity index (χ0v) is 15.2. The van der Waals surface area contributed by atoms with Crippen molar-refractivity contribution in [3.8, 4) is 11.1 Å². The van der Waals surface area contributed by atoms with Crippen LogP contribution in [0.2, 0.25) is 0 Å². The molecule has 0 saturated carbocycles. The second-order valence-corrected chi connectivity index (χ2v) is 6.34. The number of benzene rings is 3. The SMILES string of the molecule is NC(=O)c1cccc(-c2cccc(C(=O)N(O)c3cc(F)cc(C(F)(F)F)c3)c2)c1. The van der Waals surface area contributed by atoms with Gasteiger partial charge < -0.3 is 5.73 Å². The second kappa shape index (κ2) is 7.96. The molecule has 154 valence electrons. The van der Waals surface area contributed by atoms with Crippen LogP contribution in [0.4, 0.5) is 23.2 Å². The van der Waals surface area contributed by atoms with Crippen molar-refractivity contribution < 1.29 is 32.4 Å². The van der Waals surface area contributed by atoms with E-state index in [-0.39, 0.29) is 22.3 Å². The van der Waals surface area contributed by atoms with Gasteiger partial charge in [-0.2, -0.15) is 18.2 Å². The highest BCUT2D eigenvalue weighted by molar-refractivity contribution is 6.05. The minimum Gasteiger partial charge on any atom is -0.366 e. The molecule has 0 spiro atoms. The lowest BCUT2D eigenvalue weighted by Gasteiger charge is -2.17. The van der Waals surface area contributed by atoms with E-state index in [0.717, 1.165) is 0 Å². The quantitative estimate of drug-likeness (QED) is 0.368. The van der Waals surface area contributed by atoms with Crippen LogP contribution in [0.3, 0.4) is 0 Å². The number of hydrogen-bond acceptors (Lipinski definition) is 3. The van der Waals surface area contributed by atoms with Gasteiger partial charge in [-0.3, -0.25) is 14.8 Å². The molecule has 0 fully saturated rings. The number of nitrogens with zero attached hydrogens (tertiary/aromatic N) is 1. The lowest BCUT2D eigenvalue weighted by molar-refractivity contribution is -0.137. The smallest absolute Gasteiger partial charge is 0.366 e. The van der Waals surface area contributed by atoms with Gasteiger partial charge in [-0.15, -0.1) is 0 Å². The molecule has 0 aromatic heterocycles. The van der Waals surface area contributed by atoms with Gasteiger partial charge in [0.1, 0.15) is 5.82 Å². The number of carbonyl (C=O) groups excluding carboxylic acids is 2. The molecular weight excluding hydrogens is 404 g/mol. The summed E-state index contributed by atoms with van der Waals surface area (Å²) >= 11 is 0. The van der Waals surface area contributed by atoms with E-state index in [0.29, 0.717) is 23.3 Å². The van der Waals surface area contributed by atoms with Gasteiger partial charge in [-0.05, 0) is 47.5 Å². The van der Waals surface area contributed by atoms with E-state index in [2.05, 4.69) is 0 Å². The average molecular weight is 418 g/mol. The minimum atomic E-state index is -4.86. The highest BCUT2D eigenvalue weighted by atomic mass is 19.4. The molecule has 0 radical (unpaired) electrons. The third-order valence-electron chi connectivity index (χ3n) is 4.24. The van der Waals surface area contributed by atoms with E-state index >= 15 is 0 Å². The van der Waals surface area contributed by atoms with E-state index < -0.39 is 35.1 Å². The zero-order chi connectivity index (χ0) is 22.1. The molecule has 0 atom stereocenters. The fourth-order valence-corrected chi connectivity index (χ4v) is 2.78. The number of primary amides is 1. The number of rotatable bonds is 4. The molecular formula is C21H14F4N2O3. The summed E-state index contributed by atoms with van der Waals surface area (Å²) in [6.45, 7) is 0. The van der Waals surface area contributed by atoms with Crippen LogP contribution >= 0.6 is 0 Å². The number of hydroxylamine groups is 1. The van der Waals surface area contributed by atoms with Gasteiger partial charge in [0.15, 0.2) is 0 Å². The number of hydrogen-bond donors (Lipinski definition) is 2. The molecule has 0 bridgehead atoms. The van der Waals surface area contributed by atoms with Crippen molar-refractivity contribution in [1.29, 1.82) is 0 Å². The lowest BCUT2D eigenvalue weighted by atomic mass is 10.0. The van der Waals surface area contributed by atoms with E-state index in [1.165, 1.54) is 30.3 Å². The summed E-state index contributed by atoms with van der Waals surface area (Å²) in [6.07, 6.45) is -4.86. The lowest BCUT2D eigenvalue weighted by Crippen LogP contribution is -2.27. The first-order valence-corrected chi connectivity index (χ1v) is 8.47. The Hall–Kier alpha value is -3.72. The third-order valence-corrected chi connectivity index (χ3v) is 4.24. The first kappa shape index (κ1) is 21.0. The molecule has 30 heavy (non-hydrogen) atoms. The predicted octanol–water partition coefficient (Wildman–Crippen LogP) is 4.65. The van der Waals surface area contributed by atoms with Crippen LogP contribution < -0.4 is 10.8 Å². The van der Waals surface area contributed by atoms with Crippen molar-refractivity contribution in [2.75, 3.05) is 5.06 Å². The molecule has 0 heterocycles. The number of amides is 2. The standard InChI is InChI=1S/C21H14F4N2O3/c22-17-9-16(21(23,24)25)10-18(11-17)27(30)20(29)15-6-2-4-13(8-15)12-3-1-5-14(7-12)19(26)28/h1-11,30H,(H2,26,28). The Morgan fingerprint density at radius 2 is 1.43 bits per heavy atom. The van der Waals surface area contributed by atoms with Crippen molar-refractivity contribution in [3.63, 3.8) is 0 Å². The summed E-state index contributed by atoms with van der Waals surface area (Å²) in [5.74, 6) is -2.97. The van der Waals surface area contributed by atoms with Gasteiger partial charge in [0.2, 0.25) is 5.91 Å². The van der Waals surface area contributed by atoms with E-state index in [4.69, 9.17) is 5.73 Å². The van der Waals surface area contributed by atoms with Crippen molar-refractivity contribution in [2.45, 2.75) is 6.18 Å². The van der Waals surface area contributed by atoms with Gasteiger partial charge in [0.05, 0.1) is 11.3 Å². The highest BCUT2D eigenvalue weighted by Gasteiger charge is 2.32. The summed E-state index contributed by atoms with van der Waals surface area (Å²) in [5, 5.41) is 10.1. The van der Waals surface area contributed by atoms with E-state index in [1.807, 2.05) is 0 Å². The zero-order valence-electron chi connectivity index (χ0n) is 15.2. The van der Waals surface area contributed by atoms with Crippen LogP contribution in [-0.2, 0) is 6.18 Å². The van der Waals surface area contributed by atoms with Crippen molar-refractivity contribution >= 4 is 17.5 Å². The number of nitrogens with two attached hydrogens (primary N) is 1. The summed E-state index contributed by atoms with van der Waals surface area (Å²) in [7, 11) is 0. The maximum Gasteiger partial charge on any atom is 0.416 e. The Kier molecular flexibility index (Phi) is 5.57. The van der Waals surface area contributed by atoms with Crippen molar-refractivity contribution in [3.05, 3.63) is 89.2 Å². The normalized spacial score (nSPS) is 11.2. The maximum absolute atomic E-state index is 13.6. The number of alkyl halides is 3. The first-order valence-electron chi connectivity index (χ1n) is 8.47. The third kappa shape index (κ3) is 4.47. The Labute approximate surface area is 167 Å². The molecule has 0 aliphatic heterocycles. The van der Waals surface area contributed by atoms with Crippen LogP contribution in [-0.4, -0.2) is 17.0 Å². The Bertz CT molecular complexity index is 1130. The average Bonchev–Trinajstić information content (AvgIpc) is 2.71. The topological polar surface area (TPSA) is 83.6 Å². The predicted molar refractivity (Wildman–Crippen MR) is 100 cm³/mol. The largest absolute Gasteiger partial charge is 0.416 e. The van der Waals surface area contributed by atoms with Crippen molar-refractivity contribution in [2.24, 2.45) is 5.73 Å². The summed E-state index contributed by atoms with van der Waals surface area (Å²) in [6, 6.07) is 13.4. The maximum atomic E-state index is 13.6. The van der Waals surface area contributed by atoms with Gasteiger partial charge in [-0.25, -0.2) is 4.39 Å². The molecule has 9 heteroatoms. The van der Waals surface area contributed by atoms with Gasteiger partial charge in [0, 0.05) is 17.2 Å². The number of halogens is 4. The fourth-order valence-electron chi connectivity index (χ4n) is 2.78. The van der Waals surface area contributed by atoms with Crippen LogP contribution in [0.25, 0.3) is 11.1 Å². The van der Waals surface area contributed by atoms with Crippen LogP contribution in [0.5, 0.6) is 0 Å². The van der Waals surface area contributed by atoms with E-state index in [9.17, 15) is 32.4 Å². The van der Waals surface area contributed by atoms with E-state index in [1.54, 1.807) is 18.2 Å². The second-order valence-electron chi connectivity index (χ2n) is 6.34. The molecule has 0 aliphatic carbocycles. The molecule has 3 N–H and O–H groups in total. The number of carbonyl (C=O) groups is 2. The highest BCUT2D eigenvalue weighted by Crippen LogP contribution is 2.33. The summed E-state index contributed by atoms with van der Waals surface area (Å²) in [4.78, 5) is 23.9. The monoisotopic (exact) mass is 418 g/mol. The summed E-state index contributed by atoms with van der Waals surface area (Å²) in [5.41, 5.74) is 4.45. The molecule has 5 nitrogen and oxygen atoms in total. The first-order chi connectivity index (χ1) is 14.1. The molecule has 3 aromatic carbocycles. The Morgan fingerprint density at radius 1 is 0.867 bits per heavy atom. The van der Waals surface area contributed by atoms with Crippen LogP contribution in [0.15, 0.2) is 66.7 Å². The molecule has 0 saturated heterocycles. The molecule has 2 amide bonds. The Morgan fingerprint density at radius 3 is 2.00 bits per heavy atom. The van der Waals surface area contributed by atoms with Crippen LogP contribution in [0.1, 0.15) is 26.3 Å². The minimum absolute atomic E-state index is 0.0583. The van der Waals surface area contributed by atoms with Gasteiger partial charge >= 0.3 is 6.18 Å². The fraction of sp³-hybridized carbons (Fsp3) is 0.0476. The molecule has 3 aromatic rings. The van der Waals surface area contributed by atoms with Crippen molar-refractivity contribution in [1.82, 2.24) is 0 Å². The molecule has 3 rings (SSSR count). The van der Waals surface area contributed by atoms with Gasteiger partial charge in [-0.1, -0.05) is 24.3 Å². The Balaban J connectivity index is 1.95. The molecule has 0 unspecified atom stereocenters. The molecule has 0 aliphatic rings. The number of anilines is 1. The summed E-state index contributed by atoms with van der Waals surface area (Å²) < 4.78 is 52.2. The van der Waals surface area contributed by atoms with Crippen LogP contribution in [0, 0.1) is 5.82 Å².